The van der Waals surface area contributed by atoms with Crippen molar-refractivity contribution in [2.75, 3.05) is 6.54 Å². The van der Waals surface area contributed by atoms with E-state index in [0.717, 1.165) is 0 Å². The monoisotopic (exact) mass is 266 g/mol. The van der Waals surface area contributed by atoms with Crippen molar-refractivity contribution in [1.82, 2.24) is 4.72 Å². The molecular weight excluding hydrogens is 248 g/mol. The van der Waals surface area contributed by atoms with Gasteiger partial charge >= 0.3 is 0 Å². The quantitative estimate of drug-likeness (QED) is 0.906. The van der Waals surface area contributed by atoms with Gasteiger partial charge in [-0.2, -0.15) is 5.26 Å². The van der Waals surface area contributed by atoms with Crippen LogP contribution >= 0.6 is 0 Å². The Morgan fingerprint density at radius 2 is 1.89 bits per heavy atom. The van der Waals surface area contributed by atoms with Crippen LogP contribution in [0, 0.1) is 16.7 Å². The van der Waals surface area contributed by atoms with Crippen molar-refractivity contribution in [2.45, 2.75) is 26.5 Å². The topological polar surface area (TPSA) is 70.0 Å². The summed E-state index contributed by atoms with van der Waals surface area (Å²) in [6.45, 7) is 6.25. The fraction of sp³-hybridized carbons (Fsp3) is 0.462. The lowest BCUT2D eigenvalue weighted by Crippen LogP contribution is -2.33. The molecule has 0 atom stereocenters. The fourth-order valence-corrected chi connectivity index (χ4v) is 2.75. The lowest BCUT2D eigenvalue weighted by atomic mass is 9.98. The van der Waals surface area contributed by atoms with Crippen LogP contribution in [0.1, 0.15) is 31.9 Å². The number of nitrogens with zero attached hydrogens (tertiary/aromatic N) is 1. The highest BCUT2D eigenvalue weighted by Gasteiger charge is 2.18. The maximum atomic E-state index is 11.9. The zero-order chi connectivity index (χ0) is 13.8. The van der Waals surface area contributed by atoms with Crippen molar-refractivity contribution in [3.05, 3.63) is 35.4 Å². The van der Waals surface area contributed by atoms with Gasteiger partial charge in [0, 0.05) is 6.54 Å². The standard InChI is InChI=1S/C13H18N2O2S/c1-13(2,3)10-15-18(16,17)9-12-7-5-4-6-11(12)8-14/h4-7,15H,9-10H2,1-3H3. The van der Waals surface area contributed by atoms with E-state index in [2.05, 4.69) is 4.72 Å². The zero-order valence-corrected chi connectivity index (χ0v) is 11.7. The van der Waals surface area contributed by atoms with Gasteiger partial charge in [0.1, 0.15) is 0 Å². The summed E-state index contributed by atoms with van der Waals surface area (Å²) in [5, 5.41) is 8.91. The first-order valence-electron chi connectivity index (χ1n) is 5.69. The zero-order valence-electron chi connectivity index (χ0n) is 10.9. The number of rotatable bonds is 4. The second-order valence-corrected chi connectivity index (χ2v) is 7.22. The van der Waals surface area contributed by atoms with Crippen molar-refractivity contribution < 1.29 is 8.42 Å². The van der Waals surface area contributed by atoms with E-state index in [4.69, 9.17) is 5.26 Å². The number of hydrogen-bond donors (Lipinski definition) is 1. The van der Waals surface area contributed by atoms with E-state index in [1.807, 2.05) is 26.8 Å². The van der Waals surface area contributed by atoms with Gasteiger partial charge in [-0.1, -0.05) is 39.0 Å². The number of benzene rings is 1. The highest BCUT2D eigenvalue weighted by molar-refractivity contribution is 7.88. The summed E-state index contributed by atoms with van der Waals surface area (Å²) in [4.78, 5) is 0. The molecule has 1 aromatic rings. The fourth-order valence-electron chi connectivity index (χ4n) is 1.34. The van der Waals surface area contributed by atoms with Crippen LogP contribution in [0.25, 0.3) is 0 Å². The van der Waals surface area contributed by atoms with Crippen LogP contribution in [0.5, 0.6) is 0 Å². The Labute approximate surface area is 109 Å². The molecule has 0 saturated carbocycles. The van der Waals surface area contributed by atoms with Crippen molar-refractivity contribution in [3.8, 4) is 6.07 Å². The third kappa shape index (κ3) is 4.86. The van der Waals surface area contributed by atoms with Gasteiger partial charge in [0.2, 0.25) is 10.0 Å². The molecule has 1 N–H and O–H groups in total. The molecule has 0 radical (unpaired) electrons. The van der Waals surface area contributed by atoms with Crippen LogP contribution in [-0.2, 0) is 15.8 Å². The van der Waals surface area contributed by atoms with Gasteiger partial charge in [0.25, 0.3) is 0 Å². The molecule has 1 aromatic carbocycles. The van der Waals surface area contributed by atoms with Crippen molar-refractivity contribution in [1.29, 1.82) is 5.26 Å². The molecule has 0 unspecified atom stereocenters. The number of sulfonamides is 1. The van der Waals surface area contributed by atoms with E-state index in [1.165, 1.54) is 0 Å². The Kier molecular flexibility index (Phi) is 4.49. The molecule has 0 aromatic heterocycles. The normalized spacial score (nSPS) is 12.1. The van der Waals surface area contributed by atoms with Crippen LogP contribution < -0.4 is 4.72 Å². The molecule has 0 saturated heterocycles. The number of nitriles is 1. The predicted octanol–water partition coefficient (Wildman–Crippen LogP) is 2.02. The maximum Gasteiger partial charge on any atom is 0.215 e. The molecule has 4 nitrogen and oxygen atoms in total. The van der Waals surface area contributed by atoms with Gasteiger partial charge in [-0.05, 0) is 17.0 Å². The highest BCUT2D eigenvalue weighted by atomic mass is 32.2. The number of nitrogens with one attached hydrogen (secondary N) is 1. The summed E-state index contributed by atoms with van der Waals surface area (Å²) in [7, 11) is -3.40. The lowest BCUT2D eigenvalue weighted by Gasteiger charge is -2.18. The maximum absolute atomic E-state index is 11.9. The molecule has 0 bridgehead atoms. The molecular formula is C13H18N2O2S. The minimum Gasteiger partial charge on any atom is -0.214 e. The van der Waals surface area contributed by atoms with E-state index >= 15 is 0 Å². The second kappa shape index (κ2) is 5.51. The van der Waals surface area contributed by atoms with Gasteiger partial charge in [0.05, 0.1) is 17.4 Å². The largest absolute Gasteiger partial charge is 0.215 e. The minimum absolute atomic E-state index is 0.109. The van der Waals surface area contributed by atoms with Gasteiger partial charge in [-0.3, -0.25) is 0 Å². The van der Waals surface area contributed by atoms with Crippen molar-refractivity contribution >= 4 is 10.0 Å². The van der Waals surface area contributed by atoms with Crippen molar-refractivity contribution in [2.24, 2.45) is 5.41 Å². The first kappa shape index (κ1) is 14.7. The molecule has 18 heavy (non-hydrogen) atoms. The molecule has 1 rings (SSSR count). The smallest absolute Gasteiger partial charge is 0.214 e. The number of hydrogen-bond acceptors (Lipinski definition) is 3. The van der Waals surface area contributed by atoms with E-state index in [1.54, 1.807) is 24.3 Å². The predicted molar refractivity (Wildman–Crippen MR) is 71.2 cm³/mol. The average Bonchev–Trinajstić information content (AvgIpc) is 2.26. The average molecular weight is 266 g/mol. The van der Waals surface area contributed by atoms with Gasteiger partial charge in [-0.15, -0.1) is 0 Å². The van der Waals surface area contributed by atoms with Gasteiger partial charge < -0.3 is 0 Å². The summed E-state index contributed by atoms with van der Waals surface area (Å²) in [6.07, 6.45) is 0. The first-order valence-corrected chi connectivity index (χ1v) is 7.34. The Morgan fingerprint density at radius 1 is 1.28 bits per heavy atom. The van der Waals surface area contributed by atoms with Gasteiger partial charge in [0.15, 0.2) is 0 Å². The van der Waals surface area contributed by atoms with Crippen LogP contribution in [0.15, 0.2) is 24.3 Å². The highest BCUT2D eigenvalue weighted by Crippen LogP contribution is 2.14. The summed E-state index contributed by atoms with van der Waals surface area (Å²) in [5.74, 6) is -0.160. The Balaban J connectivity index is 2.81. The van der Waals surface area contributed by atoms with Crippen molar-refractivity contribution in [3.63, 3.8) is 0 Å². The second-order valence-electron chi connectivity index (χ2n) is 5.41. The van der Waals surface area contributed by atoms with Crippen LogP contribution in [0.3, 0.4) is 0 Å². The van der Waals surface area contributed by atoms with Crippen LogP contribution in [0.2, 0.25) is 0 Å². The SMILES string of the molecule is CC(C)(C)CNS(=O)(=O)Cc1ccccc1C#N. The van der Waals surface area contributed by atoms with E-state index in [-0.39, 0.29) is 11.2 Å². The summed E-state index contributed by atoms with van der Waals surface area (Å²) < 4.78 is 26.4. The third-order valence-electron chi connectivity index (χ3n) is 2.31. The summed E-state index contributed by atoms with van der Waals surface area (Å²) in [5.41, 5.74) is 0.821. The Hall–Kier alpha value is -1.38. The molecule has 5 heteroatoms. The molecule has 0 spiro atoms. The third-order valence-corrected chi connectivity index (χ3v) is 3.58. The van der Waals surface area contributed by atoms with E-state index in [0.29, 0.717) is 17.7 Å². The van der Waals surface area contributed by atoms with Crippen LogP contribution in [0.4, 0.5) is 0 Å². The van der Waals surface area contributed by atoms with Gasteiger partial charge in [-0.25, -0.2) is 13.1 Å². The summed E-state index contributed by atoms with van der Waals surface area (Å²) in [6, 6.07) is 8.73. The van der Waals surface area contributed by atoms with E-state index < -0.39 is 10.0 Å². The first-order chi connectivity index (χ1) is 8.23. The molecule has 98 valence electrons. The molecule has 0 fully saturated rings. The molecule has 0 aliphatic heterocycles. The van der Waals surface area contributed by atoms with E-state index in [9.17, 15) is 8.42 Å². The lowest BCUT2D eigenvalue weighted by molar-refractivity contribution is 0.407. The summed E-state index contributed by atoms with van der Waals surface area (Å²) >= 11 is 0. The minimum atomic E-state index is -3.40. The molecule has 0 aliphatic rings. The molecule has 0 aliphatic carbocycles. The molecule has 0 heterocycles. The Bertz CT molecular complexity index is 551. The molecule has 0 amide bonds. The van der Waals surface area contributed by atoms with Crippen LogP contribution in [-0.4, -0.2) is 15.0 Å². The Morgan fingerprint density at radius 3 is 2.44 bits per heavy atom.